The molecule has 22 heavy (non-hydrogen) atoms. The minimum Gasteiger partial charge on any atom is -0.375 e. The summed E-state index contributed by atoms with van der Waals surface area (Å²) in [6, 6.07) is 4.85. The molecule has 2 aliphatic carbocycles. The second-order valence-electron chi connectivity index (χ2n) is 7.16. The van der Waals surface area contributed by atoms with Crippen LogP contribution in [0.4, 0.5) is 10.1 Å². The van der Waals surface area contributed by atoms with Crippen LogP contribution in [-0.2, 0) is 0 Å². The van der Waals surface area contributed by atoms with Crippen LogP contribution in [0.2, 0.25) is 0 Å². The van der Waals surface area contributed by atoms with E-state index in [-0.39, 0.29) is 17.8 Å². The number of carbonyl (C=O) groups is 1. The molecule has 4 atom stereocenters. The van der Waals surface area contributed by atoms with E-state index in [1.165, 1.54) is 31.7 Å². The van der Waals surface area contributed by atoms with Gasteiger partial charge in [0.25, 0.3) is 5.91 Å². The molecule has 2 saturated carbocycles. The third kappa shape index (κ3) is 2.83. The zero-order chi connectivity index (χ0) is 15.9. The highest BCUT2D eigenvalue weighted by molar-refractivity contribution is 5.94. The molecule has 120 valence electrons. The monoisotopic (exact) mass is 304 g/mol. The zero-order valence-electron chi connectivity index (χ0n) is 13.6. The molecule has 2 fully saturated rings. The maximum absolute atomic E-state index is 14.0. The van der Waals surface area contributed by atoms with Gasteiger partial charge in [0.05, 0.1) is 5.69 Å². The van der Waals surface area contributed by atoms with Gasteiger partial charge in [0.2, 0.25) is 0 Å². The van der Waals surface area contributed by atoms with Crippen molar-refractivity contribution in [1.29, 1.82) is 0 Å². The molecule has 4 unspecified atom stereocenters. The number of hydrogen-bond acceptors (Lipinski definition) is 2. The molecule has 3 nitrogen and oxygen atoms in total. The Hall–Kier alpha value is -1.58. The quantitative estimate of drug-likeness (QED) is 0.924. The van der Waals surface area contributed by atoms with E-state index in [4.69, 9.17) is 0 Å². The van der Waals surface area contributed by atoms with E-state index in [2.05, 4.69) is 12.2 Å². The van der Waals surface area contributed by atoms with Crippen molar-refractivity contribution in [3.8, 4) is 0 Å². The minimum atomic E-state index is -0.356. The van der Waals surface area contributed by atoms with E-state index < -0.39 is 0 Å². The number of amides is 1. The van der Waals surface area contributed by atoms with Gasteiger partial charge < -0.3 is 10.2 Å². The van der Waals surface area contributed by atoms with Gasteiger partial charge in [0, 0.05) is 25.7 Å². The first kappa shape index (κ1) is 15.3. The molecule has 4 heteroatoms. The first-order valence-electron chi connectivity index (χ1n) is 8.23. The molecule has 1 N–H and O–H groups in total. The topological polar surface area (TPSA) is 32.3 Å². The van der Waals surface area contributed by atoms with Gasteiger partial charge in [0.15, 0.2) is 0 Å². The molecule has 2 aliphatic rings. The SMILES string of the molecule is CC(NC(=O)c1ccc(N(C)C)c(F)c1)C1CC2CCC1C2. The van der Waals surface area contributed by atoms with Gasteiger partial charge in [-0.25, -0.2) is 4.39 Å². The summed E-state index contributed by atoms with van der Waals surface area (Å²) < 4.78 is 14.0. The molecule has 0 aliphatic heterocycles. The van der Waals surface area contributed by atoms with Crippen LogP contribution in [0, 0.1) is 23.6 Å². The van der Waals surface area contributed by atoms with Crippen molar-refractivity contribution in [3.63, 3.8) is 0 Å². The largest absolute Gasteiger partial charge is 0.375 e. The minimum absolute atomic E-state index is 0.166. The number of carbonyl (C=O) groups excluding carboxylic acids is 1. The second-order valence-corrected chi connectivity index (χ2v) is 7.16. The Morgan fingerprint density at radius 2 is 2.09 bits per heavy atom. The molecule has 1 amide bonds. The van der Waals surface area contributed by atoms with Crippen LogP contribution in [0.5, 0.6) is 0 Å². The van der Waals surface area contributed by atoms with E-state index in [1.54, 1.807) is 31.1 Å². The number of nitrogens with one attached hydrogen (secondary N) is 1. The molecule has 1 aromatic carbocycles. The fourth-order valence-electron chi connectivity index (χ4n) is 4.31. The summed E-state index contributed by atoms with van der Waals surface area (Å²) in [6.45, 7) is 2.09. The van der Waals surface area contributed by atoms with Crippen molar-refractivity contribution in [1.82, 2.24) is 5.32 Å². The summed E-state index contributed by atoms with van der Waals surface area (Å²) in [4.78, 5) is 14.1. The number of benzene rings is 1. The van der Waals surface area contributed by atoms with Crippen LogP contribution >= 0.6 is 0 Å². The van der Waals surface area contributed by atoms with Gasteiger partial charge >= 0.3 is 0 Å². The first-order chi connectivity index (χ1) is 10.5. The van der Waals surface area contributed by atoms with Gasteiger partial charge in [-0.2, -0.15) is 0 Å². The highest BCUT2D eigenvalue weighted by atomic mass is 19.1. The maximum Gasteiger partial charge on any atom is 0.251 e. The summed E-state index contributed by atoms with van der Waals surface area (Å²) in [5.74, 6) is 1.71. The van der Waals surface area contributed by atoms with Gasteiger partial charge in [-0.15, -0.1) is 0 Å². The molecule has 3 rings (SSSR count). The summed E-state index contributed by atoms with van der Waals surface area (Å²) in [6.07, 6.45) is 5.23. The van der Waals surface area contributed by atoms with Crippen molar-refractivity contribution in [2.45, 2.75) is 38.6 Å². The fraction of sp³-hybridized carbons (Fsp3) is 0.611. The highest BCUT2D eigenvalue weighted by Gasteiger charge is 2.42. The van der Waals surface area contributed by atoms with E-state index in [0.29, 0.717) is 17.2 Å². The highest BCUT2D eigenvalue weighted by Crippen LogP contribution is 2.49. The maximum atomic E-state index is 14.0. The van der Waals surface area contributed by atoms with Crippen molar-refractivity contribution < 1.29 is 9.18 Å². The molecule has 0 saturated heterocycles. The van der Waals surface area contributed by atoms with Crippen LogP contribution in [0.1, 0.15) is 43.0 Å². The molecule has 0 radical (unpaired) electrons. The van der Waals surface area contributed by atoms with Crippen molar-refractivity contribution in [2.75, 3.05) is 19.0 Å². The standard InChI is InChI=1S/C18H25FN2O/c1-11(15-9-12-4-5-13(15)8-12)20-18(22)14-6-7-17(21(2)3)16(19)10-14/h6-7,10-13,15H,4-5,8-9H2,1-3H3,(H,20,22). The summed E-state index contributed by atoms with van der Waals surface area (Å²) in [5.41, 5.74) is 0.899. The number of hydrogen-bond donors (Lipinski definition) is 1. The summed E-state index contributed by atoms with van der Waals surface area (Å²) in [5, 5.41) is 3.08. The zero-order valence-corrected chi connectivity index (χ0v) is 13.6. The van der Waals surface area contributed by atoms with Gasteiger partial charge in [-0.05, 0) is 62.1 Å². The summed E-state index contributed by atoms with van der Waals surface area (Å²) in [7, 11) is 3.57. The molecule has 0 spiro atoms. The number of nitrogens with zero attached hydrogens (tertiary/aromatic N) is 1. The average molecular weight is 304 g/mol. The Labute approximate surface area is 131 Å². The van der Waals surface area contributed by atoms with Gasteiger partial charge in [-0.1, -0.05) is 6.42 Å². The lowest BCUT2D eigenvalue weighted by Gasteiger charge is -2.28. The lowest BCUT2D eigenvalue weighted by molar-refractivity contribution is 0.0915. The van der Waals surface area contributed by atoms with Crippen LogP contribution in [-0.4, -0.2) is 26.0 Å². The average Bonchev–Trinajstić information content (AvgIpc) is 3.09. The lowest BCUT2D eigenvalue weighted by Crippen LogP contribution is -2.40. The van der Waals surface area contributed by atoms with Crippen molar-refractivity contribution >= 4 is 11.6 Å². The molecule has 2 bridgehead atoms. The smallest absolute Gasteiger partial charge is 0.251 e. The Morgan fingerprint density at radius 1 is 1.32 bits per heavy atom. The van der Waals surface area contributed by atoms with Crippen LogP contribution < -0.4 is 10.2 Å². The molecular formula is C18H25FN2O. The van der Waals surface area contributed by atoms with Gasteiger partial charge in [0.1, 0.15) is 5.82 Å². The summed E-state index contributed by atoms with van der Waals surface area (Å²) >= 11 is 0. The van der Waals surface area contributed by atoms with Gasteiger partial charge in [-0.3, -0.25) is 4.79 Å². The molecule has 0 heterocycles. The first-order valence-corrected chi connectivity index (χ1v) is 8.23. The van der Waals surface area contributed by atoms with Crippen LogP contribution in [0.15, 0.2) is 18.2 Å². The Kier molecular flexibility index (Phi) is 4.11. The molecule has 1 aromatic rings. The van der Waals surface area contributed by atoms with E-state index >= 15 is 0 Å². The van der Waals surface area contributed by atoms with Crippen LogP contribution in [0.25, 0.3) is 0 Å². The van der Waals surface area contributed by atoms with E-state index in [0.717, 1.165) is 11.8 Å². The lowest BCUT2D eigenvalue weighted by atomic mass is 9.84. The Morgan fingerprint density at radius 3 is 2.64 bits per heavy atom. The van der Waals surface area contributed by atoms with Crippen molar-refractivity contribution in [2.24, 2.45) is 17.8 Å². The van der Waals surface area contributed by atoms with E-state index in [9.17, 15) is 9.18 Å². The van der Waals surface area contributed by atoms with Crippen molar-refractivity contribution in [3.05, 3.63) is 29.6 Å². The second kappa shape index (κ2) is 5.90. The number of anilines is 1. The Balaban J connectivity index is 1.65. The molecule has 0 aromatic heterocycles. The van der Waals surface area contributed by atoms with E-state index in [1.807, 2.05) is 0 Å². The number of rotatable bonds is 4. The van der Waals surface area contributed by atoms with Crippen LogP contribution in [0.3, 0.4) is 0 Å². The number of halogens is 1. The number of fused-ring (bicyclic) bond motifs is 2. The predicted octanol–water partition coefficient (Wildman–Crippen LogP) is 3.45. The predicted molar refractivity (Wildman–Crippen MR) is 86.6 cm³/mol. The fourth-order valence-corrected chi connectivity index (χ4v) is 4.31. The molecular weight excluding hydrogens is 279 g/mol. The normalized spacial score (nSPS) is 27.7. The Bertz CT molecular complexity index is 572. The third-order valence-corrected chi connectivity index (χ3v) is 5.49. The third-order valence-electron chi connectivity index (χ3n) is 5.49.